The number of likely N-dealkylation sites (tertiary alicyclic amines) is 1. The number of hydrogen-bond acceptors (Lipinski definition) is 2. The topological polar surface area (TPSA) is 20.3 Å². The number of carbonyl (C=O) groups excluding carboxylic acids is 1. The molecule has 0 saturated carbocycles. The Hall–Kier alpha value is -0.670. The Balaban J connectivity index is 1.83. The van der Waals surface area contributed by atoms with Crippen molar-refractivity contribution in [1.82, 2.24) is 4.90 Å². The molecule has 0 radical (unpaired) electrons. The van der Waals surface area contributed by atoms with E-state index in [0.29, 0.717) is 6.42 Å². The maximum Gasteiger partial charge on any atom is 0.164 e. The predicted molar refractivity (Wildman–Crippen MR) is 73.3 cm³/mol. The second kappa shape index (κ2) is 5.78. The zero-order valence-corrected chi connectivity index (χ0v) is 11.7. The second-order valence-electron chi connectivity index (χ2n) is 4.87. The summed E-state index contributed by atoms with van der Waals surface area (Å²) >= 11 is 3.37. The van der Waals surface area contributed by atoms with Crippen LogP contribution in [-0.4, -0.2) is 30.3 Å². The first-order chi connectivity index (χ1) is 8.15. The molecule has 2 rings (SSSR count). The number of benzene rings is 1. The Labute approximate surface area is 111 Å². The van der Waals surface area contributed by atoms with Crippen LogP contribution in [0.1, 0.15) is 30.1 Å². The highest BCUT2D eigenvalue weighted by Gasteiger charge is 2.19. The van der Waals surface area contributed by atoms with E-state index in [1.54, 1.807) is 0 Å². The fraction of sp³-hybridized carbons (Fsp3) is 0.500. The van der Waals surface area contributed by atoms with Crippen molar-refractivity contribution in [2.45, 2.75) is 19.8 Å². The van der Waals surface area contributed by atoms with Gasteiger partial charge in [-0.25, -0.2) is 0 Å². The molecule has 0 amide bonds. The van der Waals surface area contributed by atoms with Crippen LogP contribution in [0.3, 0.4) is 0 Å². The molecule has 0 aromatic heterocycles. The molecule has 1 aromatic rings. The highest BCUT2D eigenvalue weighted by molar-refractivity contribution is 9.10. The van der Waals surface area contributed by atoms with E-state index in [0.717, 1.165) is 35.6 Å². The van der Waals surface area contributed by atoms with Gasteiger partial charge in [0.2, 0.25) is 0 Å². The Morgan fingerprint density at radius 3 is 2.71 bits per heavy atom. The molecule has 3 heteroatoms. The van der Waals surface area contributed by atoms with Crippen molar-refractivity contribution in [3.63, 3.8) is 0 Å². The summed E-state index contributed by atoms with van der Waals surface area (Å²) in [6.07, 6.45) is 1.90. The molecular weight excluding hydrogens is 278 g/mol. The number of carbonyl (C=O) groups is 1. The van der Waals surface area contributed by atoms with Crippen LogP contribution in [0.5, 0.6) is 0 Å². The molecule has 1 unspecified atom stereocenters. The van der Waals surface area contributed by atoms with E-state index in [2.05, 4.69) is 27.8 Å². The Kier molecular flexibility index (Phi) is 4.35. The zero-order chi connectivity index (χ0) is 12.3. The summed E-state index contributed by atoms with van der Waals surface area (Å²) in [5.74, 6) is 1.04. The molecule has 0 N–H and O–H groups in total. The number of nitrogens with zero attached hydrogens (tertiary/aromatic N) is 1. The van der Waals surface area contributed by atoms with Gasteiger partial charge in [-0.3, -0.25) is 4.79 Å². The summed E-state index contributed by atoms with van der Waals surface area (Å²) in [5.41, 5.74) is 0.820. The SMILES string of the molecule is CC1CCN(CCC(=O)c2ccc(Br)cc2)C1. The standard InChI is InChI=1S/C14H18BrNO/c1-11-6-8-16(10-11)9-7-14(17)12-2-4-13(15)5-3-12/h2-5,11H,6-10H2,1H3. The van der Waals surface area contributed by atoms with E-state index < -0.39 is 0 Å². The average molecular weight is 296 g/mol. The molecular formula is C14H18BrNO. The first-order valence-electron chi connectivity index (χ1n) is 6.16. The highest BCUT2D eigenvalue weighted by atomic mass is 79.9. The van der Waals surface area contributed by atoms with Crippen molar-refractivity contribution < 1.29 is 4.79 Å². The van der Waals surface area contributed by atoms with E-state index in [1.807, 2.05) is 24.3 Å². The Bertz CT molecular complexity index is 388. The third-order valence-corrected chi connectivity index (χ3v) is 3.86. The molecule has 1 saturated heterocycles. The van der Waals surface area contributed by atoms with E-state index in [9.17, 15) is 4.79 Å². The molecule has 0 bridgehead atoms. The van der Waals surface area contributed by atoms with Crippen molar-refractivity contribution in [3.8, 4) is 0 Å². The third-order valence-electron chi connectivity index (χ3n) is 3.33. The lowest BCUT2D eigenvalue weighted by Crippen LogP contribution is -2.23. The van der Waals surface area contributed by atoms with Crippen molar-refractivity contribution in [1.29, 1.82) is 0 Å². The van der Waals surface area contributed by atoms with Crippen LogP contribution in [0.15, 0.2) is 28.7 Å². The number of Topliss-reactive ketones (excluding diaryl/α,β-unsaturated/α-hetero) is 1. The van der Waals surface area contributed by atoms with Gasteiger partial charge in [0.25, 0.3) is 0 Å². The monoisotopic (exact) mass is 295 g/mol. The minimum Gasteiger partial charge on any atom is -0.303 e. The first-order valence-corrected chi connectivity index (χ1v) is 6.95. The minimum atomic E-state index is 0.247. The summed E-state index contributed by atoms with van der Waals surface area (Å²) in [5, 5.41) is 0. The van der Waals surface area contributed by atoms with Crippen molar-refractivity contribution in [2.75, 3.05) is 19.6 Å². The lowest BCUT2D eigenvalue weighted by molar-refractivity contribution is 0.0968. The Morgan fingerprint density at radius 1 is 1.41 bits per heavy atom. The molecule has 92 valence electrons. The van der Waals surface area contributed by atoms with Gasteiger partial charge < -0.3 is 4.90 Å². The van der Waals surface area contributed by atoms with Crippen LogP contribution < -0.4 is 0 Å². The predicted octanol–water partition coefficient (Wildman–Crippen LogP) is 3.36. The van der Waals surface area contributed by atoms with Crippen molar-refractivity contribution >= 4 is 21.7 Å². The molecule has 1 heterocycles. The van der Waals surface area contributed by atoms with Crippen LogP contribution in [0, 0.1) is 5.92 Å². The number of rotatable bonds is 4. The van der Waals surface area contributed by atoms with Crippen LogP contribution in [0.4, 0.5) is 0 Å². The number of halogens is 1. The van der Waals surface area contributed by atoms with Gasteiger partial charge in [0.05, 0.1) is 0 Å². The minimum absolute atomic E-state index is 0.247. The molecule has 2 nitrogen and oxygen atoms in total. The van der Waals surface area contributed by atoms with Crippen molar-refractivity contribution in [3.05, 3.63) is 34.3 Å². The molecule has 17 heavy (non-hydrogen) atoms. The quantitative estimate of drug-likeness (QED) is 0.794. The van der Waals surface area contributed by atoms with Gasteiger partial charge in [-0.2, -0.15) is 0 Å². The van der Waals surface area contributed by atoms with Gasteiger partial charge >= 0.3 is 0 Å². The molecule has 1 aromatic carbocycles. The van der Waals surface area contributed by atoms with Crippen molar-refractivity contribution in [2.24, 2.45) is 5.92 Å². The zero-order valence-electron chi connectivity index (χ0n) is 10.2. The summed E-state index contributed by atoms with van der Waals surface area (Å²) in [4.78, 5) is 14.3. The second-order valence-corrected chi connectivity index (χ2v) is 5.79. The molecule has 1 aliphatic rings. The summed E-state index contributed by atoms with van der Waals surface area (Å²) in [7, 11) is 0. The smallest absolute Gasteiger partial charge is 0.164 e. The Morgan fingerprint density at radius 2 is 2.12 bits per heavy atom. The lowest BCUT2D eigenvalue weighted by atomic mass is 10.1. The third kappa shape index (κ3) is 3.65. The summed E-state index contributed by atoms with van der Waals surface area (Å²) in [6.45, 7) is 5.47. The summed E-state index contributed by atoms with van der Waals surface area (Å²) in [6, 6.07) is 7.62. The van der Waals surface area contributed by atoms with E-state index in [1.165, 1.54) is 6.42 Å². The van der Waals surface area contributed by atoms with E-state index in [4.69, 9.17) is 0 Å². The van der Waals surface area contributed by atoms with Gasteiger partial charge in [0.1, 0.15) is 0 Å². The molecule has 1 atom stereocenters. The van der Waals surface area contributed by atoms with Crippen LogP contribution in [0.25, 0.3) is 0 Å². The van der Waals surface area contributed by atoms with E-state index in [-0.39, 0.29) is 5.78 Å². The number of hydrogen-bond donors (Lipinski definition) is 0. The number of ketones is 1. The molecule has 0 spiro atoms. The molecule has 1 fully saturated rings. The maximum absolute atomic E-state index is 12.0. The van der Waals surface area contributed by atoms with Gasteiger partial charge in [0, 0.05) is 29.5 Å². The van der Waals surface area contributed by atoms with Gasteiger partial charge in [0.15, 0.2) is 5.78 Å². The molecule has 0 aliphatic carbocycles. The summed E-state index contributed by atoms with van der Waals surface area (Å²) < 4.78 is 1.02. The van der Waals surface area contributed by atoms with Gasteiger partial charge in [-0.15, -0.1) is 0 Å². The van der Waals surface area contributed by atoms with Crippen LogP contribution in [0.2, 0.25) is 0 Å². The fourth-order valence-electron chi connectivity index (χ4n) is 2.27. The maximum atomic E-state index is 12.0. The van der Waals surface area contributed by atoms with Gasteiger partial charge in [-0.1, -0.05) is 35.0 Å². The average Bonchev–Trinajstić information content (AvgIpc) is 2.73. The molecule has 1 aliphatic heterocycles. The normalized spacial score (nSPS) is 20.7. The first kappa shape index (κ1) is 12.8. The van der Waals surface area contributed by atoms with E-state index >= 15 is 0 Å². The fourth-order valence-corrected chi connectivity index (χ4v) is 2.53. The van der Waals surface area contributed by atoms with Crippen LogP contribution in [-0.2, 0) is 0 Å². The largest absolute Gasteiger partial charge is 0.303 e. The van der Waals surface area contributed by atoms with Gasteiger partial charge in [-0.05, 0) is 31.0 Å². The highest BCUT2D eigenvalue weighted by Crippen LogP contribution is 2.16. The van der Waals surface area contributed by atoms with Crippen LogP contribution >= 0.6 is 15.9 Å². The lowest BCUT2D eigenvalue weighted by Gasteiger charge is -2.14.